The third kappa shape index (κ3) is 8.79. The number of ether oxygens (including phenoxy) is 2. The van der Waals surface area contributed by atoms with Crippen molar-refractivity contribution in [3.8, 4) is 5.75 Å². The van der Waals surface area contributed by atoms with Crippen molar-refractivity contribution in [3.63, 3.8) is 0 Å². The van der Waals surface area contributed by atoms with Crippen molar-refractivity contribution in [1.29, 1.82) is 0 Å². The number of unbranched alkanes of at least 4 members (excludes halogenated alkanes) is 1. The minimum atomic E-state index is -3.99. The van der Waals surface area contributed by atoms with Crippen LogP contribution in [0, 0.1) is 0 Å². The van der Waals surface area contributed by atoms with Crippen LogP contribution in [0.3, 0.4) is 0 Å². The van der Waals surface area contributed by atoms with E-state index in [1.807, 2.05) is 0 Å². The fourth-order valence-corrected chi connectivity index (χ4v) is 4.56. The van der Waals surface area contributed by atoms with Crippen molar-refractivity contribution in [2.75, 3.05) is 6.61 Å². The smallest absolute Gasteiger partial charge is 0.327 e. The molecule has 1 atom stereocenters. The Morgan fingerprint density at radius 2 is 1.56 bits per heavy atom. The fraction of sp³-hybridized carbons (Fsp3) is 0.440. The quantitative estimate of drug-likeness (QED) is 0.341. The summed E-state index contributed by atoms with van der Waals surface area (Å²) in [6, 6.07) is 14.8. The zero-order chi connectivity index (χ0) is 25.4. The van der Waals surface area contributed by atoms with Gasteiger partial charge in [0, 0.05) is 12.8 Å². The molecule has 2 aromatic rings. The molecule has 186 valence electrons. The zero-order valence-corrected chi connectivity index (χ0v) is 20.9. The summed E-state index contributed by atoms with van der Waals surface area (Å²) >= 11 is 0. The van der Waals surface area contributed by atoms with Gasteiger partial charge >= 0.3 is 11.9 Å². The number of benzene rings is 2. The number of carboxylic acid groups (broad SMARTS) is 1. The van der Waals surface area contributed by atoms with Crippen LogP contribution in [-0.4, -0.2) is 43.2 Å². The molecular weight excluding hydrogens is 458 g/mol. The molecular formula is C25H33NO7S. The molecule has 0 spiro atoms. The Hall–Kier alpha value is -2.91. The molecule has 2 aromatic carbocycles. The maximum Gasteiger partial charge on any atom is 0.327 e. The maximum atomic E-state index is 13.1. The number of carbonyl (C=O) groups is 2. The first-order valence-electron chi connectivity index (χ1n) is 11.1. The monoisotopic (exact) mass is 491 g/mol. The van der Waals surface area contributed by atoms with Crippen LogP contribution in [0.5, 0.6) is 5.75 Å². The van der Waals surface area contributed by atoms with Crippen molar-refractivity contribution in [3.05, 3.63) is 60.2 Å². The largest absolute Gasteiger partial charge is 0.494 e. The van der Waals surface area contributed by atoms with Gasteiger partial charge in [-0.1, -0.05) is 30.3 Å². The summed E-state index contributed by atoms with van der Waals surface area (Å²) in [5.41, 5.74) is -1.64. The highest BCUT2D eigenvalue weighted by Crippen LogP contribution is 2.24. The fourth-order valence-electron chi connectivity index (χ4n) is 3.18. The van der Waals surface area contributed by atoms with Gasteiger partial charge in [0.15, 0.2) is 0 Å². The lowest BCUT2D eigenvalue weighted by Gasteiger charge is -2.32. The predicted molar refractivity (Wildman–Crippen MR) is 128 cm³/mol. The molecule has 0 fully saturated rings. The minimum Gasteiger partial charge on any atom is -0.494 e. The lowest BCUT2D eigenvalue weighted by molar-refractivity contribution is -0.161. The first kappa shape index (κ1) is 27.3. The number of hydrogen-bond acceptors (Lipinski definition) is 6. The lowest BCUT2D eigenvalue weighted by atomic mass is 9.93. The molecule has 2 N–H and O–H groups in total. The standard InChI is InChI=1S/C25H33NO7S/c1-24(2,3)33-23(29)25(4,26-34(30,31)21-10-6-5-7-11-21)18-19-13-15-20(16-14-19)32-17-9-8-12-22(27)28/h5-7,10-11,13-16,26H,8-9,12,17-18H2,1-4H3,(H,27,28)/t25-/m0/s1. The van der Waals surface area contributed by atoms with Gasteiger partial charge in [0.1, 0.15) is 16.9 Å². The van der Waals surface area contributed by atoms with E-state index in [0.29, 0.717) is 30.8 Å². The lowest BCUT2D eigenvalue weighted by Crippen LogP contribution is -2.55. The van der Waals surface area contributed by atoms with E-state index in [9.17, 15) is 18.0 Å². The van der Waals surface area contributed by atoms with Crippen LogP contribution in [0.25, 0.3) is 0 Å². The molecule has 0 saturated carbocycles. The summed E-state index contributed by atoms with van der Waals surface area (Å²) in [6.45, 7) is 7.06. The average Bonchev–Trinajstić information content (AvgIpc) is 2.73. The van der Waals surface area contributed by atoms with E-state index in [1.54, 1.807) is 63.2 Å². The number of esters is 1. The van der Waals surface area contributed by atoms with Gasteiger partial charge in [0.25, 0.3) is 0 Å². The Bertz CT molecular complexity index is 1060. The number of rotatable bonds is 12. The highest BCUT2D eigenvalue weighted by molar-refractivity contribution is 7.89. The molecule has 0 bridgehead atoms. The summed E-state index contributed by atoms with van der Waals surface area (Å²) in [7, 11) is -3.99. The zero-order valence-electron chi connectivity index (χ0n) is 20.0. The number of carbonyl (C=O) groups excluding carboxylic acids is 1. The van der Waals surface area contributed by atoms with Crippen molar-refractivity contribution < 1.29 is 32.6 Å². The van der Waals surface area contributed by atoms with E-state index in [2.05, 4.69) is 4.72 Å². The molecule has 2 rings (SSSR count). The van der Waals surface area contributed by atoms with E-state index < -0.39 is 33.1 Å². The molecule has 0 aliphatic heterocycles. The molecule has 0 heterocycles. The molecule has 0 aromatic heterocycles. The Morgan fingerprint density at radius 1 is 0.941 bits per heavy atom. The topological polar surface area (TPSA) is 119 Å². The first-order valence-corrected chi connectivity index (χ1v) is 12.6. The van der Waals surface area contributed by atoms with Gasteiger partial charge in [0.05, 0.1) is 11.5 Å². The van der Waals surface area contributed by atoms with Crippen molar-refractivity contribution in [2.24, 2.45) is 0 Å². The van der Waals surface area contributed by atoms with E-state index in [4.69, 9.17) is 14.6 Å². The van der Waals surface area contributed by atoms with Gasteiger partial charge in [-0.25, -0.2) is 13.2 Å². The Labute approximate surface area is 201 Å². The van der Waals surface area contributed by atoms with E-state index in [1.165, 1.54) is 19.1 Å². The van der Waals surface area contributed by atoms with Crippen LogP contribution in [-0.2, 0) is 30.8 Å². The third-order valence-electron chi connectivity index (χ3n) is 4.80. The summed E-state index contributed by atoms with van der Waals surface area (Å²) in [5, 5.41) is 8.67. The van der Waals surface area contributed by atoms with Crippen LogP contribution >= 0.6 is 0 Å². The third-order valence-corrected chi connectivity index (χ3v) is 6.41. The second-order valence-corrected chi connectivity index (χ2v) is 11.0. The number of aliphatic carboxylic acids is 1. The van der Waals surface area contributed by atoms with Gasteiger partial charge in [-0.2, -0.15) is 4.72 Å². The van der Waals surface area contributed by atoms with Gasteiger partial charge < -0.3 is 14.6 Å². The Balaban J connectivity index is 2.17. The van der Waals surface area contributed by atoms with E-state index in [0.717, 1.165) is 0 Å². The van der Waals surface area contributed by atoms with Crippen LogP contribution < -0.4 is 9.46 Å². The van der Waals surface area contributed by atoms with Crippen LogP contribution in [0.2, 0.25) is 0 Å². The Kier molecular flexibility index (Phi) is 9.23. The highest BCUT2D eigenvalue weighted by atomic mass is 32.2. The van der Waals surface area contributed by atoms with Gasteiger partial charge in [-0.3, -0.25) is 4.79 Å². The maximum absolute atomic E-state index is 13.1. The second-order valence-electron chi connectivity index (χ2n) is 9.27. The van der Waals surface area contributed by atoms with Crippen LogP contribution in [0.4, 0.5) is 0 Å². The summed E-state index contributed by atoms with van der Waals surface area (Å²) < 4.78 is 39.7. The first-order chi connectivity index (χ1) is 15.8. The molecule has 9 heteroatoms. The number of sulfonamides is 1. The van der Waals surface area contributed by atoms with Crippen LogP contribution in [0.15, 0.2) is 59.5 Å². The van der Waals surface area contributed by atoms with Crippen molar-refractivity contribution >= 4 is 22.0 Å². The SMILES string of the molecule is CC(C)(C)OC(=O)[C@](C)(Cc1ccc(OCCCCC(=O)O)cc1)NS(=O)(=O)c1ccccc1. The number of nitrogens with one attached hydrogen (secondary N) is 1. The molecule has 0 aliphatic rings. The summed E-state index contributed by atoms with van der Waals surface area (Å²) in [6.07, 6.45) is 1.31. The molecule has 8 nitrogen and oxygen atoms in total. The average molecular weight is 492 g/mol. The van der Waals surface area contributed by atoms with E-state index in [-0.39, 0.29) is 17.7 Å². The van der Waals surface area contributed by atoms with Crippen molar-refractivity contribution in [1.82, 2.24) is 4.72 Å². The predicted octanol–water partition coefficient (Wildman–Crippen LogP) is 3.94. The van der Waals surface area contributed by atoms with Gasteiger partial charge in [-0.05, 0) is 70.4 Å². The molecule has 0 unspecified atom stereocenters. The molecule has 0 amide bonds. The highest BCUT2D eigenvalue weighted by Gasteiger charge is 2.41. The van der Waals surface area contributed by atoms with E-state index >= 15 is 0 Å². The molecule has 0 aliphatic carbocycles. The molecule has 34 heavy (non-hydrogen) atoms. The van der Waals surface area contributed by atoms with Gasteiger partial charge in [-0.15, -0.1) is 0 Å². The van der Waals surface area contributed by atoms with Crippen molar-refractivity contribution in [2.45, 2.75) is 69.4 Å². The summed E-state index contributed by atoms with van der Waals surface area (Å²) in [4.78, 5) is 23.7. The summed E-state index contributed by atoms with van der Waals surface area (Å²) in [5.74, 6) is -0.915. The number of carboxylic acids is 1. The minimum absolute atomic E-state index is 0.0522. The van der Waals surface area contributed by atoms with Crippen LogP contribution in [0.1, 0.15) is 52.5 Å². The van der Waals surface area contributed by atoms with Gasteiger partial charge in [0.2, 0.25) is 10.0 Å². The molecule has 0 radical (unpaired) electrons. The normalized spacial score (nSPS) is 13.6. The second kappa shape index (κ2) is 11.5. The number of hydrogen-bond donors (Lipinski definition) is 2. The molecule has 0 saturated heterocycles. The Morgan fingerprint density at radius 3 is 2.12 bits per heavy atom.